The van der Waals surface area contributed by atoms with Crippen LogP contribution in [0.5, 0.6) is 0 Å². The van der Waals surface area contributed by atoms with E-state index in [1.165, 1.54) is 5.57 Å². The van der Waals surface area contributed by atoms with Crippen LogP contribution in [0.3, 0.4) is 0 Å². The van der Waals surface area contributed by atoms with Crippen LogP contribution in [0.25, 0.3) is 0 Å². The van der Waals surface area contributed by atoms with Gasteiger partial charge in [0, 0.05) is 43.5 Å². The molecule has 0 bridgehead atoms. The molecule has 3 heterocycles. The zero-order valence-corrected chi connectivity index (χ0v) is 16.0. The molecule has 0 unspecified atom stereocenters. The van der Waals surface area contributed by atoms with Gasteiger partial charge in [-0.1, -0.05) is 11.6 Å². The van der Waals surface area contributed by atoms with Gasteiger partial charge >= 0.3 is 0 Å². The number of hydrogen-bond donors (Lipinski definition) is 0. The molecule has 0 aromatic carbocycles. The first-order valence-corrected chi connectivity index (χ1v) is 9.08. The van der Waals surface area contributed by atoms with E-state index in [1.807, 2.05) is 11.8 Å². The van der Waals surface area contributed by atoms with E-state index in [-0.39, 0.29) is 5.91 Å². The molecule has 1 fully saturated rings. The maximum atomic E-state index is 12.9. The first-order chi connectivity index (χ1) is 11.9. The standard InChI is InChI=1S/C19H29N5O/c1-13-6-9-23(10-7-13)19(25)17-20-15(3)14(2)18(21-17)24-11-8-16(12-24)22(4)5/h6,16H,7-12H2,1-5H3/t16-/m1/s1. The van der Waals surface area contributed by atoms with Crippen molar-refractivity contribution >= 4 is 11.7 Å². The Hall–Kier alpha value is -1.95. The molecule has 136 valence electrons. The first kappa shape index (κ1) is 17.9. The van der Waals surface area contributed by atoms with Crippen LogP contribution in [0.2, 0.25) is 0 Å². The van der Waals surface area contributed by atoms with Crippen molar-refractivity contribution in [3.63, 3.8) is 0 Å². The van der Waals surface area contributed by atoms with E-state index in [4.69, 9.17) is 0 Å². The highest BCUT2D eigenvalue weighted by Gasteiger charge is 2.28. The summed E-state index contributed by atoms with van der Waals surface area (Å²) in [6.45, 7) is 9.46. The SMILES string of the molecule is CC1=CCN(C(=O)c2nc(C)c(C)c(N3CC[C@@H](N(C)C)C3)n2)CC1. The first-order valence-electron chi connectivity index (χ1n) is 9.08. The van der Waals surface area contributed by atoms with Crippen molar-refractivity contribution in [3.05, 3.63) is 28.7 Å². The van der Waals surface area contributed by atoms with Gasteiger partial charge in [0.25, 0.3) is 5.91 Å². The van der Waals surface area contributed by atoms with Gasteiger partial charge in [-0.05, 0) is 47.7 Å². The zero-order valence-electron chi connectivity index (χ0n) is 16.0. The summed E-state index contributed by atoms with van der Waals surface area (Å²) in [6, 6.07) is 0.532. The third-order valence-electron chi connectivity index (χ3n) is 5.47. The summed E-state index contributed by atoms with van der Waals surface area (Å²) >= 11 is 0. The molecule has 1 atom stereocenters. The Bertz CT molecular complexity index is 697. The molecule has 1 amide bonds. The van der Waals surface area contributed by atoms with E-state index in [0.29, 0.717) is 18.4 Å². The quantitative estimate of drug-likeness (QED) is 0.786. The second-order valence-electron chi connectivity index (χ2n) is 7.49. The summed E-state index contributed by atoms with van der Waals surface area (Å²) in [4.78, 5) is 28.4. The third kappa shape index (κ3) is 3.68. The van der Waals surface area contributed by atoms with Crippen LogP contribution in [-0.2, 0) is 0 Å². The molecular weight excluding hydrogens is 314 g/mol. The lowest BCUT2D eigenvalue weighted by atomic mass is 10.1. The Morgan fingerprint density at radius 2 is 1.96 bits per heavy atom. The van der Waals surface area contributed by atoms with Crippen molar-refractivity contribution in [2.24, 2.45) is 0 Å². The maximum Gasteiger partial charge on any atom is 0.292 e. The third-order valence-corrected chi connectivity index (χ3v) is 5.47. The van der Waals surface area contributed by atoms with Crippen molar-refractivity contribution in [3.8, 4) is 0 Å². The molecule has 0 radical (unpaired) electrons. The minimum Gasteiger partial charge on any atom is -0.355 e. The van der Waals surface area contributed by atoms with E-state index in [1.54, 1.807) is 0 Å². The van der Waals surface area contributed by atoms with Crippen LogP contribution in [0.1, 0.15) is 41.6 Å². The molecule has 0 saturated carbocycles. The molecule has 1 aromatic heterocycles. The van der Waals surface area contributed by atoms with Crippen LogP contribution in [0, 0.1) is 13.8 Å². The Balaban J connectivity index is 1.85. The number of aromatic nitrogens is 2. The van der Waals surface area contributed by atoms with Gasteiger partial charge < -0.3 is 14.7 Å². The number of aryl methyl sites for hydroxylation is 1. The largest absolute Gasteiger partial charge is 0.355 e. The van der Waals surface area contributed by atoms with Gasteiger partial charge in [0.2, 0.25) is 5.82 Å². The number of hydrogen-bond acceptors (Lipinski definition) is 5. The number of nitrogens with zero attached hydrogens (tertiary/aromatic N) is 5. The number of carbonyl (C=O) groups is 1. The molecule has 2 aliphatic rings. The normalized spacial score (nSPS) is 21.0. The molecule has 3 rings (SSSR count). The average molecular weight is 343 g/mol. The van der Waals surface area contributed by atoms with Crippen LogP contribution in [0.15, 0.2) is 11.6 Å². The predicted molar refractivity (Wildman–Crippen MR) is 100 cm³/mol. The lowest BCUT2D eigenvalue weighted by Crippen LogP contribution is -2.36. The fourth-order valence-corrected chi connectivity index (χ4v) is 3.47. The fraction of sp³-hybridized carbons (Fsp3) is 0.632. The summed E-state index contributed by atoms with van der Waals surface area (Å²) in [6.07, 6.45) is 4.17. The van der Waals surface area contributed by atoms with Crippen LogP contribution in [-0.4, -0.2) is 72.0 Å². The van der Waals surface area contributed by atoms with Crippen molar-refractivity contribution in [1.82, 2.24) is 19.8 Å². The Kier molecular flexibility index (Phi) is 5.08. The molecule has 6 heteroatoms. The summed E-state index contributed by atoms with van der Waals surface area (Å²) in [7, 11) is 4.24. The van der Waals surface area contributed by atoms with Gasteiger partial charge in [-0.15, -0.1) is 0 Å². The van der Waals surface area contributed by atoms with Crippen LogP contribution >= 0.6 is 0 Å². The molecule has 0 N–H and O–H groups in total. The monoisotopic (exact) mass is 343 g/mol. The number of rotatable bonds is 3. The summed E-state index contributed by atoms with van der Waals surface area (Å²) in [5, 5.41) is 0. The second-order valence-corrected chi connectivity index (χ2v) is 7.49. The molecular formula is C19H29N5O. The van der Waals surface area contributed by atoms with Crippen molar-refractivity contribution in [2.75, 3.05) is 45.2 Å². The molecule has 0 spiro atoms. The van der Waals surface area contributed by atoms with Gasteiger partial charge in [-0.25, -0.2) is 9.97 Å². The molecule has 6 nitrogen and oxygen atoms in total. The molecule has 2 aliphatic heterocycles. The average Bonchev–Trinajstić information content (AvgIpc) is 3.07. The number of likely N-dealkylation sites (N-methyl/N-ethyl adjacent to an activating group) is 1. The van der Waals surface area contributed by atoms with Gasteiger partial charge in [-0.2, -0.15) is 0 Å². The summed E-state index contributed by atoms with van der Waals surface area (Å²) in [5.41, 5.74) is 3.31. The predicted octanol–water partition coefficient (Wildman–Crippen LogP) is 2.03. The highest BCUT2D eigenvalue weighted by Crippen LogP contribution is 2.25. The second kappa shape index (κ2) is 7.12. The minimum absolute atomic E-state index is 0.0588. The topological polar surface area (TPSA) is 52.6 Å². The lowest BCUT2D eigenvalue weighted by Gasteiger charge is -2.26. The van der Waals surface area contributed by atoms with E-state index in [9.17, 15) is 4.79 Å². The Labute approximate surface area is 150 Å². The smallest absolute Gasteiger partial charge is 0.292 e. The van der Waals surface area contributed by atoms with E-state index >= 15 is 0 Å². The van der Waals surface area contributed by atoms with E-state index in [2.05, 4.69) is 53.8 Å². The van der Waals surface area contributed by atoms with Crippen molar-refractivity contribution in [2.45, 2.75) is 39.7 Å². The zero-order chi connectivity index (χ0) is 18.1. The molecule has 25 heavy (non-hydrogen) atoms. The molecule has 0 aliphatic carbocycles. The number of amides is 1. The number of carbonyl (C=O) groups excluding carboxylic acids is 1. The molecule has 1 saturated heterocycles. The Morgan fingerprint density at radius 3 is 2.56 bits per heavy atom. The highest BCUT2D eigenvalue weighted by molar-refractivity contribution is 5.91. The van der Waals surface area contributed by atoms with Crippen LogP contribution < -0.4 is 4.90 Å². The summed E-state index contributed by atoms with van der Waals surface area (Å²) in [5.74, 6) is 1.19. The van der Waals surface area contributed by atoms with E-state index < -0.39 is 0 Å². The Morgan fingerprint density at radius 1 is 1.20 bits per heavy atom. The fourth-order valence-electron chi connectivity index (χ4n) is 3.47. The van der Waals surface area contributed by atoms with Crippen LogP contribution in [0.4, 0.5) is 5.82 Å². The minimum atomic E-state index is -0.0588. The van der Waals surface area contributed by atoms with Crippen molar-refractivity contribution < 1.29 is 4.79 Å². The van der Waals surface area contributed by atoms with Crippen molar-refractivity contribution in [1.29, 1.82) is 0 Å². The summed E-state index contributed by atoms with van der Waals surface area (Å²) < 4.78 is 0. The van der Waals surface area contributed by atoms with E-state index in [0.717, 1.165) is 49.6 Å². The van der Waals surface area contributed by atoms with Gasteiger partial charge in [-0.3, -0.25) is 4.79 Å². The number of anilines is 1. The maximum absolute atomic E-state index is 12.9. The van der Waals surface area contributed by atoms with Gasteiger partial charge in [0.15, 0.2) is 0 Å². The van der Waals surface area contributed by atoms with Gasteiger partial charge in [0.05, 0.1) is 0 Å². The lowest BCUT2D eigenvalue weighted by molar-refractivity contribution is 0.0756. The van der Waals surface area contributed by atoms with Gasteiger partial charge in [0.1, 0.15) is 5.82 Å². The highest BCUT2D eigenvalue weighted by atomic mass is 16.2. The molecule has 1 aromatic rings.